The Bertz CT molecular complexity index is 4910. The molecule has 11 rings (SSSR count). The van der Waals surface area contributed by atoms with Crippen LogP contribution >= 0.6 is 526 Å². The fourth-order valence-corrected chi connectivity index (χ4v) is 29.2. The summed E-state index contributed by atoms with van der Waals surface area (Å²) in [5.74, 6) is 3.57. The van der Waals surface area contributed by atoms with Crippen LogP contribution in [0.25, 0.3) is 22.3 Å². The van der Waals surface area contributed by atoms with Gasteiger partial charge >= 0.3 is 0 Å². The fraction of sp³-hybridized carbons (Fsp3) is 0.0959. The Morgan fingerprint density at radius 1 is 0.220 bits per heavy atom. The van der Waals surface area contributed by atoms with E-state index in [1.54, 1.807) is 0 Å². The van der Waals surface area contributed by atoms with Gasteiger partial charge in [0.25, 0.3) is 0 Å². The van der Waals surface area contributed by atoms with Gasteiger partial charge in [0.15, 0.2) is 17.2 Å². The Balaban J connectivity index is 0.000000206. The summed E-state index contributed by atoms with van der Waals surface area (Å²) in [6.45, 7) is 12.8. The zero-order valence-corrected chi connectivity index (χ0v) is 107. The third-order valence-corrected chi connectivity index (χ3v) is 50.2. The van der Waals surface area contributed by atoms with Crippen LogP contribution in [0.3, 0.4) is 0 Å². The second-order valence-electron chi connectivity index (χ2n) is 21.9. The first-order chi connectivity index (χ1) is 50.7. The van der Waals surface area contributed by atoms with Crippen molar-refractivity contribution in [1.82, 2.24) is 0 Å². The first-order valence-electron chi connectivity index (χ1n) is 29.2. The molecule has 0 atom stereocenters. The van der Waals surface area contributed by atoms with Gasteiger partial charge in [-0.3, -0.25) is 0 Å². The van der Waals surface area contributed by atoms with Gasteiger partial charge in [0, 0.05) is 104 Å². The van der Waals surface area contributed by atoms with Crippen molar-refractivity contribution in [3.63, 3.8) is 0 Å². The van der Waals surface area contributed by atoms with E-state index in [1.165, 1.54) is 33.4 Å². The standard InChI is InChI=1S/C14H9Br5O.C13H3Br9O.C13H7Br5O.C13H7Br5.C13H8Br4.C7H3Br5/c1-7-10(16)2-8(3-11(7)17)6-20-13-5-9(15)4-12(18)14(13)19;1-2-3(14)8(19)12(9(20)4(2)15)23-13-10(21)6(17)5(16)7(18)11(13)22;1-6-2-4-7(5-3-6)19-13-11(17)9(15)8(14)10(16)12(13)18;1-6-2-4-7(5-3-6)8-9(14)11(16)13(18)12(17)10(8)15;1-7-12(16)4-9(5-13(7)17)8-2-10(14)6-11(15)3-8;1-2-3(8)5(10)7(12)6(11)4(2)9/h2-5H,6H2,1H3;1H3;2-5H,1H3;2-5H,1H3;2-6H,1H3;1H3. The van der Waals surface area contributed by atoms with Gasteiger partial charge in [-0.05, 0) is 567 Å². The molecule has 0 N–H and O–H groups in total. The molecule has 3 nitrogen and oxygen atoms in total. The molecule has 0 aliphatic rings. The molecule has 109 heavy (non-hydrogen) atoms. The van der Waals surface area contributed by atoms with Crippen molar-refractivity contribution in [3.8, 4) is 51.0 Å². The highest BCUT2D eigenvalue weighted by molar-refractivity contribution is 9.19. The summed E-state index contributed by atoms with van der Waals surface area (Å²) in [6.07, 6.45) is 0. The van der Waals surface area contributed by atoms with Crippen LogP contribution in [0.5, 0.6) is 28.7 Å². The molecule has 0 aliphatic carbocycles. The molecule has 0 radical (unpaired) electrons. The third-order valence-electron chi connectivity index (χ3n) is 14.4. The molecular weight excluding hydrogens is 3560 g/mol. The van der Waals surface area contributed by atoms with E-state index < -0.39 is 0 Å². The summed E-state index contributed by atoms with van der Waals surface area (Å²) < 4.78 is 49.5. The highest BCUT2D eigenvalue weighted by Crippen LogP contribution is 2.56. The van der Waals surface area contributed by atoms with E-state index in [4.69, 9.17) is 14.2 Å². The fourth-order valence-electron chi connectivity index (χ4n) is 8.39. The normalized spacial score (nSPS) is 10.7. The van der Waals surface area contributed by atoms with E-state index in [0.29, 0.717) is 23.9 Å². The number of hydrogen-bond acceptors (Lipinski definition) is 3. The lowest BCUT2D eigenvalue weighted by Crippen LogP contribution is -1.97. The van der Waals surface area contributed by atoms with Gasteiger partial charge in [0.2, 0.25) is 0 Å². The molecule has 0 saturated heterocycles. The first kappa shape index (κ1) is 104. The molecule has 0 spiro atoms. The molecule has 0 unspecified atom stereocenters. The van der Waals surface area contributed by atoms with Crippen LogP contribution in [0.2, 0.25) is 0 Å². The predicted octanol–water partition coefficient (Wildman–Crippen LogP) is 45.6. The largest absolute Gasteiger partial charge is 0.488 e. The van der Waals surface area contributed by atoms with Gasteiger partial charge in [-0.2, -0.15) is 0 Å². The molecule has 11 aromatic carbocycles. The number of aryl methyl sites for hydroxylation is 2. The average Bonchev–Trinajstić information content (AvgIpc) is 0.784. The van der Waals surface area contributed by atoms with E-state index in [2.05, 4.69) is 607 Å². The molecule has 11 aromatic rings. The van der Waals surface area contributed by atoms with E-state index >= 15 is 0 Å². The summed E-state index contributed by atoms with van der Waals surface area (Å²) in [4.78, 5) is 0. The van der Waals surface area contributed by atoms with E-state index in [-0.39, 0.29) is 0 Å². The average molecular weight is 3600 g/mol. The summed E-state index contributed by atoms with van der Waals surface area (Å²) >= 11 is 117. The highest BCUT2D eigenvalue weighted by Gasteiger charge is 2.26. The van der Waals surface area contributed by atoms with Crippen molar-refractivity contribution in [2.24, 2.45) is 0 Å². The number of ether oxygens (including phenoxy) is 3. The minimum absolute atomic E-state index is 0.499. The van der Waals surface area contributed by atoms with Gasteiger partial charge in [-0.25, -0.2) is 0 Å². The van der Waals surface area contributed by atoms with Crippen molar-refractivity contribution < 1.29 is 14.2 Å². The molecular formula is C73H37Br33O3. The quantitative estimate of drug-likeness (QED) is 0.106. The Morgan fingerprint density at radius 2 is 0.505 bits per heavy atom. The number of halogens is 33. The molecule has 578 valence electrons. The van der Waals surface area contributed by atoms with Crippen LogP contribution in [0.4, 0.5) is 0 Å². The molecule has 0 aliphatic heterocycles. The number of hydrogen-bond donors (Lipinski definition) is 0. The number of rotatable bonds is 9. The van der Waals surface area contributed by atoms with Gasteiger partial charge < -0.3 is 14.2 Å². The minimum atomic E-state index is 0.499. The van der Waals surface area contributed by atoms with Gasteiger partial charge in [0.05, 0.1) is 49.2 Å². The SMILES string of the molecule is Cc1c(Br)c(Br)c(Br)c(Br)c1Br.Cc1c(Br)c(Br)c(Oc2c(Br)c(Br)c(Br)c(Br)c2Br)c(Br)c1Br.Cc1c(Br)cc(-c2cc(Br)cc(Br)c2)cc1Br.Cc1c(Br)cc(COc2cc(Br)cc(Br)c2Br)cc1Br.Cc1ccc(-c2c(Br)c(Br)c(Br)c(Br)c2Br)cc1.Cc1ccc(Oc2c(Br)c(Br)c(Br)c(Br)c2Br)cc1. The highest BCUT2D eigenvalue weighted by atomic mass is 80.0. The van der Waals surface area contributed by atoms with Crippen molar-refractivity contribution in [2.45, 2.75) is 48.1 Å². The van der Waals surface area contributed by atoms with Crippen molar-refractivity contribution in [3.05, 3.63) is 290 Å². The van der Waals surface area contributed by atoms with Crippen molar-refractivity contribution >= 4 is 526 Å². The van der Waals surface area contributed by atoms with Crippen LogP contribution in [0.15, 0.2) is 251 Å². The Morgan fingerprint density at radius 3 is 0.881 bits per heavy atom. The molecule has 36 heteroatoms. The second kappa shape index (κ2) is 48.6. The van der Waals surface area contributed by atoms with Crippen LogP contribution < -0.4 is 14.2 Å². The topological polar surface area (TPSA) is 27.7 Å². The molecule has 0 bridgehead atoms. The molecule has 0 amide bonds. The van der Waals surface area contributed by atoms with Crippen LogP contribution in [0, 0.1) is 41.5 Å². The van der Waals surface area contributed by atoms with Crippen LogP contribution in [-0.4, -0.2) is 0 Å². The lowest BCUT2D eigenvalue weighted by molar-refractivity contribution is 0.303. The Kier molecular flexibility index (Phi) is 46.5. The van der Waals surface area contributed by atoms with Crippen LogP contribution in [0.1, 0.15) is 38.9 Å². The minimum Gasteiger partial charge on any atom is -0.488 e. The Labute approximate surface area is 911 Å². The molecule has 0 aromatic heterocycles. The maximum Gasteiger partial charge on any atom is 0.158 e. The predicted molar refractivity (Wildman–Crippen MR) is 576 cm³/mol. The van der Waals surface area contributed by atoms with Gasteiger partial charge in [-0.1, -0.05) is 159 Å². The summed E-state index contributed by atoms with van der Waals surface area (Å²) in [5.41, 5.74) is 12.8. The molecule has 0 saturated carbocycles. The monoisotopic (exact) mass is 3570 g/mol. The van der Waals surface area contributed by atoms with Gasteiger partial charge in [-0.15, -0.1) is 0 Å². The van der Waals surface area contributed by atoms with Crippen LogP contribution in [-0.2, 0) is 6.61 Å². The zero-order valence-electron chi connectivity index (χ0n) is 54.7. The first-order valence-corrected chi connectivity index (χ1v) is 55.4. The lowest BCUT2D eigenvalue weighted by Gasteiger charge is -2.18. The van der Waals surface area contributed by atoms with Gasteiger partial charge in [0.1, 0.15) is 18.1 Å². The summed E-state index contributed by atoms with van der Waals surface area (Å²) in [5, 5.41) is 0. The zero-order chi connectivity index (χ0) is 82.1. The maximum atomic E-state index is 6.21. The third kappa shape index (κ3) is 28.1. The lowest BCUT2D eigenvalue weighted by atomic mass is 10.0. The second-order valence-corrected chi connectivity index (χ2v) is 48.8. The van der Waals surface area contributed by atoms with Crippen molar-refractivity contribution in [1.29, 1.82) is 0 Å². The molecule has 0 fully saturated rings. The number of benzene rings is 11. The molecule has 0 heterocycles. The van der Waals surface area contributed by atoms with Crippen molar-refractivity contribution in [2.75, 3.05) is 0 Å². The Hall–Kier alpha value is 6.66. The summed E-state index contributed by atoms with van der Waals surface area (Å²) in [6, 6.07) is 34.9. The summed E-state index contributed by atoms with van der Waals surface area (Å²) in [7, 11) is 0. The maximum absolute atomic E-state index is 6.21. The van der Waals surface area contributed by atoms with E-state index in [1.807, 2.05) is 63.2 Å². The van der Waals surface area contributed by atoms with E-state index in [9.17, 15) is 0 Å². The van der Waals surface area contributed by atoms with E-state index in [0.717, 1.165) is 187 Å². The smallest absolute Gasteiger partial charge is 0.158 e.